The number of nitrogens with one attached hydrogen (secondary N) is 1. The molecule has 22 heavy (non-hydrogen) atoms. The van der Waals surface area contributed by atoms with E-state index >= 15 is 0 Å². The molecule has 0 saturated heterocycles. The van der Waals surface area contributed by atoms with Gasteiger partial charge in [-0.2, -0.15) is 0 Å². The van der Waals surface area contributed by atoms with Crippen LogP contribution < -0.4 is 11.2 Å². The molecule has 0 aromatic carbocycles. The molecule has 3 heterocycles. The summed E-state index contributed by atoms with van der Waals surface area (Å²) in [6.07, 6.45) is 1.37. The third-order valence-corrected chi connectivity index (χ3v) is 4.47. The maximum atomic E-state index is 12.5. The molecule has 0 aliphatic rings. The summed E-state index contributed by atoms with van der Waals surface area (Å²) in [5.74, 6) is 0.713. The monoisotopic (exact) mass is 318 g/mol. The van der Waals surface area contributed by atoms with Crippen LogP contribution in [0.5, 0.6) is 0 Å². The maximum absolute atomic E-state index is 12.5. The van der Waals surface area contributed by atoms with Crippen LogP contribution >= 0.6 is 11.3 Å². The minimum atomic E-state index is -0.281. The zero-order valence-electron chi connectivity index (χ0n) is 12.6. The second-order valence-electron chi connectivity index (χ2n) is 5.12. The predicted molar refractivity (Wildman–Crippen MR) is 87.7 cm³/mol. The molecule has 0 fully saturated rings. The minimum Gasteiger partial charge on any atom is -0.336 e. The first-order chi connectivity index (χ1) is 10.7. The molecule has 3 aromatic rings. The molecule has 0 atom stereocenters. The summed E-state index contributed by atoms with van der Waals surface area (Å²) in [7, 11) is 0. The molecule has 6 nitrogen and oxygen atoms in total. The van der Waals surface area contributed by atoms with Gasteiger partial charge in [0, 0.05) is 24.4 Å². The predicted octanol–water partition coefficient (Wildman–Crippen LogP) is 1.97. The lowest BCUT2D eigenvalue weighted by Crippen LogP contribution is -2.39. The Morgan fingerprint density at radius 2 is 2.09 bits per heavy atom. The Labute approximate surface area is 131 Å². The van der Waals surface area contributed by atoms with E-state index in [2.05, 4.69) is 9.97 Å². The number of imidazole rings is 1. The van der Waals surface area contributed by atoms with Gasteiger partial charge < -0.3 is 4.98 Å². The Hall–Kier alpha value is -2.15. The van der Waals surface area contributed by atoms with Crippen LogP contribution in [0.15, 0.2) is 27.1 Å². The molecule has 0 radical (unpaired) electrons. The molecule has 0 unspecified atom stereocenters. The standard InChI is InChI=1S/C15H18N4O2S/c1-3-7-19-14(20)12-13(18(4-2)15(19)21)17-11(16-12)9-10-6-5-8-22-10/h5-6,8H,3-4,7,9H2,1-2H3,(H,16,17). The van der Waals surface area contributed by atoms with Crippen molar-refractivity contribution in [2.75, 3.05) is 0 Å². The average molecular weight is 318 g/mol. The zero-order valence-corrected chi connectivity index (χ0v) is 13.4. The molecule has 0 aliphatic carbocycles. The van der Waals surface area contributed by atoms with Crippen molar-refractivity contribution >= 4 is 22.5 Å². The van der Waals surface area contributed by atoms with Gasteiger partial charge in [0.15, 0.2) is 5.65 Å². The van der Waals surface area contributed by atoms with E-state index in [1.807, 2.05) is 31.4 Å². The Morgan fingerprint density at radius 3 is 2.73 bits per heavy atom. The van der Waals surface area contributed by atoms with Gasteiger partial charge >= 0.3 is 5.69 Å². The Morgan fingerprint density at radius 1 is 1.27 bits per heavy atom. The van der Waals surface area contributed by atoms with E-state index in [9.17, 15) is 9.59 Å². The lowest BCUT2D eigenvalue weighted by Gasteiger charge is -2.08. The van der Waals surface area contributed by atoms with Crippen molar-refractivity contribution in [2.24, 2.45) is 0 Å². The third-order valence-electron chi connectivity index (χ3n) is 3.60. The second-order valence-corrected chi connectivity index (χ2v) is 6.15. The number of aromatic nitrogens is 4. The first-order valence-electron chi connectivity index (χ1n) is 7.40. The van der Waals surface area contributed by atoms with Crippen LogP contribution in [-0.4, -0.2) is 19.1 Å². The van der Waals surface area contributed by atoms with Crippen LogP contribution in [0, 0.1) is 0 Å². The molecule has 3 aromatic heterocycles. The van der Waals surface area contributed by atoms with Gasteiger partial charge in [-0.3, -0.25) is 13.9 Å². The number of H-pyrrole nitrogens is 1. The van der Waals surface area contributed by atoms with Crippen LogP contribution in [0.1, 0.15) is 31.0 Å². The van der Waals surface area contributed by atoms with E-state index in [-0.39, 0.29) is 11.2 Å². The van der Waals surface area contributed by atoms with E-state index in [0.29, 0.717) is 36.5 Å². The number of nitrogens with zero attached hydrogens (tertiary/aromatic N) is 3. The molecule has 0 saturated carbocycles. The lowest BCUT2D eigenvalue weighted by atomic mass is 10.3. The van der Waals surface area contributed by atoms with E-state index in [4.69, 9.17) is 0 Å². The fourth-order valence-corrected chi connectivity index (χ4v) is 3.29. The van der Waals surface area contributed by atoms with E-state index < -0.39 is 0 Å². The van der Waals surface area contributed by atoms with Gasteiger partial charge in [-0.15, -0.1) is 11.3 Å². The van der Waals surface area contributed by atoms with Gasteiger partial charge in [-0.05, 0) is 24.8 Å². The van der Waals surface area contributed by atoms with Crippen molar-refractivity contribution in [3.8, 4) is 0 Å². The van der Waals surface area contributed by atoms with Gasteiger partial charge in [0.2, 0.25) is 0 Å². The number of fused-ring (bicyclic) bond motifs is 1. The minimum absolute atomic E-state index is 0.281. The van der Waals surface area contributed by atoms with Crippen molar-refractivity contribution in [1.82, 2.24) is 19.1 Å². The Bertz CT molecular complexity index is 902. The highest BCUT2D eigenvalue weighted by Crippen LogP contribution is 2.14. The molecule has 0 spiro atoms. The smallest absolute Gasteiger partial charge is 0.332 e. The van der Waals surface area contributed by atoms with Crippen molar-refractivity contribution in [3.05, 3.63) is 49.1 Å². The molecule has 1 N–H and O–H groups in total. The van der Waals surface area contributed by atoms with Gasteiger partial charge in [0.05, 0.1) is 0 Å². The van der Waals surface area contributed by atoms with E-state index in [1.165, 1.54) is 9.44 Å². The van der Waals surface area contributed by atoms with Crippen LogP contribution in [0.2, 0.25) is 0 Å². The summed E-state index contributed by atoms with van der Waals surface area (Å²) in [6, 6.07) is 4.01. The Kier molecular flexibility index (Phi) is 3.98. The molecule has 3 rings (SSSR count). The average Bonchev–Trinajstić information content (AvgIpc) is 3.14. The highest BCUT2D eigenvalue weighted by atomic mass is 32.1. The first kappa shape index (κ1) is 14.8. The molecule has 7 heteroatoms. The van der Waals surface area contributed by atoms with Crippen molar-refractivity contribution < 1.29 is 0 Å². The third kappa shape index (κ3) is 2.41. The summed E-state index contributed by atoms with van der Waals surface area (Å²) in [5, 5.41) is 2.01. The highest BCUT2D eigenvalue weighted by Gasteiger charge is 2.16. The van der Waals surface area contributed by atoms with E-state index in [1.54, 1.807) is 15.9 Å². The summed E-state index contributed by atoms with van der Waals surface area (Å²) in [4.78, 5) is 33.7. The number of aromatic amines is 1. The summed E-state index contributed by atoms with van der Waals surface area (Å²) in [5.41, 5.74) is 0.311. The van der Waals surface area contributed by atoms with Gasteiger partial charge in [0.1, 0.15) is 11.3 Å². The van der Waals surface area contributed by atoms with Crippen LogP contribution in [0.25, 0.3) is 11.2 Å². The number of aryl methyl sites for hydroxylation is 1. The first-order valence-corrected chi connectivity index (χ1v) is 8.28. The quantitative estimate of drug-likeness (QED) is 0.781. The molecule has 0 bridgehead atoms. The molecular weight excluding hydrogens is 300 g/mol. The van der Waals surface area contributed by atoms with Crippen molar-refractivity contribution in [1.29, 1.82) is 0 Å². The van der Waals surface area contributed by atoms with Crippen molar-refractivity contribution in [3.63, 3.8) is 0 Å². The molecule has 0 aliphatic heterocycles. The highest BCUT2D eigenvalue weighted by molar-refractivity contribution is 7.09. The zero-order chi connectivity index (χ0) is 15.7. The van der Waals surface area contributed by atoms with Gasteiger partial charge in [0.25, 0.3) is 5.56 Å². The lowest BCUT2D eigenvalue weighted by molar-refractivity contribution is 0.572. The molecular formula is C15H18N4O2S. The van der Waals surface area contributed by atoms with Gasteiger partial charge in [-0.1, -0.05) is 13.0 Å². The number of rotatable bonds is 5. The SMILES string of the molecule is CCCn1c(=O)c2[nH]c(Cc3cccs3)nc2n(CC)c1=O. The number of thiophene rings is 1. The topological polar surface area (TPSA) is 72.7 Å². The van der Waals surface area contributed by atoms with Crippen LogP contribution in [0.4, 0.5) is 0 Å². The number of hydrogen-bond acceptors (Lipinski definition) is 4. The second kappa shape index (κ2) is 5.92. The molecule has 116 valence electrons. The maximum Gasteiger partial charge on any atom is 0.332 e. The van der Waals surface area contributed by atoms with Crippen LogP contribution in [-0.2, 0) is 19.5 Å². The summed E-state index contributed by atoms with van der Waals surface area (Å²) in [6.45, 7) is 4.74. The fraction of sp³-hybridized carbons (Fsp3) is 0.400. The Balaban J connectivity index is 2.20. The summed E-state index contributed by atoms with van der Waals surface area (Å²) >= 11 is 1.64. The van der Waals surface area contributed by atoms with E-state index in [0.717, 1.165) is 6.42 Å². The summed E-state index contributed by atoms with van der Waals surface area (Å²) < 4.78 is 2.85. The normalized spacial score (nSPS) is 11.4. The number of hydrogen-bond donors (Lipinski definition) is 1. The molecule has 0 amide bonds. The largest absolute Gasteiger partial charge is 0.336 e. The van der Waals surface area contributed by atoms with Gasteiger partial charge in [-0.25, -0.2) is 9.78 Å². The fourth-order valence-electron chi connectivity index (χ4n) is 2.58. The van der Waals surface area contributed by atoms with Crippen molar-refractivity contribution in [2.45, 2.75) is 39.8 Å². The van der Waals surface area contributed by atoms with Crippen LogP contribution in [0.3, 0.4) is 0 Å².